The third-order valence-corrected chi connectivity index (χ3v) is 14.4. The highest BCUT2D eigenvalue weighted by molar-refractivity contribution is 5.76. The van der Waals surface area contributed by atoms with Crippen molar-refractivity contribution in [3.8, 4) is 0 Å². The van der Waals surface area contributed by atoms with Gasteiger partial charge >= 0.3 is 5.97 Å². The summed E-state index contributed by atoms with van der Waals surface area (Å²) in [7, 11) is 0. The van der Waals surface area contributed by atoms with E-state index >= 15 is 0 Å². The van der Waals surface area contributed by atoms with E-state index in [1.807, 2.05) is 0 Å². The first-order valence-electron chi connectivity index (χ1n) is 14.5. The molecule has 5 aliphatic carbocycles. The van der Waals surface area contributed by atoms with Crippen LogP contribution in [0.15, 0.2) is 0 Å². The average molecular weight is 489 g/mol. The van der Waals surface area contributed by atoms with Gasteiger partial charge in [-0.2, -0.15) is 0 Å². The van der Waals surface area contributed by atoms with E-state index in [0.29, 0.717) is 23.7 Å². The molecule has 198 valence electrons. The third-order valence-electron chi connectivity index (χ3n) is 14.4. The van der Waals surface area contributed by atoms with Crippen LogP contribution in [0.3, 0.4) is 0 Å². The van der Waals surface area contributed by atoms with E-state index in [2.05, 4.69) is 34.6 Å². The van der Waals surface area contributed by atoms with Crippen LogP contribution in [0.4, 0.5) is 0 Å². The van der Waals surface area contributed by atoms with Crippen LogP contribution in [-0.2, 0) is 9.53 Å². The van der Waals surface area contributed by atoms with Crippen molar-refractivity contribution in [3.63, 3.8) is 0 Å². The Morgan fingerprint density at radius 3 is 2.17 bits per heavy atom. The van der Waals surface area contributed by atoms with Crippen LogP contribution in [0, 0.1) is 56.7 Å². The van der Waals surface area contributed by atoms with Gasteiger partial charge in [0.05, 0.1) is 30.3 Å². The van der Waals surface area contributed by atoms with Crippen LogP contribution in [0.5, 0.6) is 0 Å². The summed E-state index contributed by atoms with van der Waals surface area (Å²) in [6, 6.07) is 0. The summed E-state index contributed by atoms with van der Waals surface area (Å²) in [6.45, 7) is 12.8. The van der Waals surface area contributed by atoms with Crippen molar-refractivity contribution < 1.29 is 24.9 Å². The summed E-state index contributed by atoms with van der Waals surface area (Å²) in [5.41, 5.74) is -0.732. The van der Waals surface area contributed by atoms with Crippen LogP contribution in [0.1, 0.15) is 98.8 Å². The third kappa shape index (κ3) is 2.79. The molecule has 5 heteroatoms. The van der Waals surface area contributed by atoms with Gasteiger partial charge in [0, 0.05) is 5.41 Å². The largest absolute Gasteiger partial charge is 0.481 e. The lowest BCUT2D eigenvalue weighted by Crippen LogP contribution is -2.68. The maximum absolute atomic E-state index is 12.9. The highest BCUT2D eigenvalue weighted by atomic mass is 16.6. The number of aliphatic hydroxyl groups excluding tert-OH is 2. The molecule has 6 rings (SSSR count). The Morgan fingerprint density at radius 2 is 1.54 bits per heavy atom. The van der Waals surface area contributed by atoms with Crippen LogP contribution in [-0.4, -0.2) is 46.2 Å². The monoisotopic (exact) mass is 488 g/mol. The van der Waals surface area contributed by atoms with Gasteiger partial charge < -0.3 is 20.1 Å². The molecule has 0 radical (unpaired) electrons. The van der Waals surface area contributed by atoms with Crippen molar-refractivity contribution in [1.29, 1.82) is 0 Å². The normalized spacial score (nSPS) is 61.2. The molecule has 0 bridgehead atoms. The highest BCUT2D eigenvalue weighted by Crippen LogP contribution is 2.78. The molecule has 6 fully saturated rings. The van der Waals surface area contributed by atoms with Crippen molar-refractivity contribution in [2.24, 2.45) is 56.7 Å². The predicted octanol–water partition coefficient (Wildman–Crippen LogP) is 5.27. The number of carboxylic acid groups (broad SMARTS) is 1. The summed E-state index contributed by atoms with van der Waals surface area (Å²) in [6.07, 6.45) is 9.46. The number of hydrogen-bond donors (Lipinski definition) is 3. The Balaban J connectivity index is 1.40. The lowest BCUT2D eigenvalue weighted by molar-refractivity contribution is -0.255. The van der Waals surface area contributed by atoms with Crippen LogP contribution < -0.4 is 0 Å². The summed E-state index contributed by atoms with van der Waals surface area (Å²) in [4.78, 5) is 12.9. The van der Waals surface area contributed by atoms with E-state index in [1.54, 1.807) is 0 Å². The molecule has 5 nitrogen and oxygen atoms in total. The fraction of sp³-hybridized carbons (Fsp3) is 0.967. The first-order valence-corrected chi connectivity index (χ1v) is 14.5. The van der Waals surface area contributed by atoms with E-state index in [9.17, 15) is 20.1 Å². The van der Waals surface area contributed by atoms with E-state index in [4.69, 9.17) is 4.74 Å². The smallest absolute Gasteiger partial charge is 0.309 e. The zero-order valence-electron chi connectivity index (χ0n) is 22.6. The summed E-state index contributed by atoms with van der Waals surface area (Å²) >= 11 is 0. The number of hydrogen-bond acceptors (Lipinski definition) is 4. The summed E-state index contributed by atoms with van der Waals surface area (Å²) in [5, 5.41) is 32.0. The quantitative estimate of drug-likeness (QED) is 0.471. The number of fused-ring (bicyclic) bond motifs is 7. The van der Waals surface area contributed by atoms with E-state index < -0.39 is 22.9 Å². The second-order valence-electron chi connectivity index (χ2n) is 15.1. The van der Waals surface area contributed by atoms with Gasteiger partial charge in [-0.1, -0.05) is 27.7 Å². The zero-order chi connectivity index (χ0) is 25.2. The molecule has 5 saturated carbocycles. The van der Waals surface area contributed by atoms with Crippen molar-refractivity contribution in [1.82, 2.24) is 0 Å². The van der Waals surface area contributed by atoms with E-state index in [1.165, 1.54) is 0 Å². The molecule has 1 heterocycles. The van der Waals surface area contributed by atoms with Gasteiger partial charge in [0.15, 0.2) is 0 Å². The maximum Gasteiger partial charge on any atom is 0.309 e. The molecule has 3 N–H and O–H groups in total. The molecule has 0 aromatic heterocycles. The molecule has 0 spiro atoms. The van der Waals surface area contributed by atoms with E-state index in [-0.39, 0.29) is 34.4 Å². The first-order chi connectivity index (χ1) is 16.3. The van der Waals surface area contributed by atoms with Crippen molar-refractivity contribution in [2.75, 3.05) is 13.2 Å². The molecular formula is C30H48O5. The lowest BCUT2D eigenvalue weighted by atomic mass is 9.32. The molecule has 12 atom stereocenters. The molecule has 0 amide bonds. The number of aliphatic carboxylic acids is 1. The SMILES string of the molecule is CC1([C@@H]2CC[C@]3(C(=O)O)CC[C@]4(C)C(CC[C@@H]5[C@@]6(C)CCC(O)C(C)(CO)[C@@H]6CC[C@]54C)[C@@H]23)CO1. The second kappa shape index (κ2) is 7.26. The molecule has 1 aliphatic heterocycles. The minimum absolute atomic E-state index is 0.0568. The molecule has 35 heavy (non-hydrogen) atoms. The molecule has 4 unspecified atom stereocenters. The van der Waals surface area contributed by atoms with Gasteiger partial charge in [-0.3, -0.25) is 4.79 Å². The van der Waals surface area contributed by atoms with Gasteiger partial charge in [-0.15, -0.1) is 0 Å². The number of ether oxygens (including phenoxy) is 1. The number of carbonyl (C=O) groups is 1. The zero-order valence-corrected chi connectivity index (χ0v) is 22.6. The number of rotatable bonds is 3. The van der Waals surface area contributed by atoms with Gasteiger partial charge in [-0.25, -0.2) is 0 Å². The summed E-state index contributed by atoms with van der Waals surface area (Å²) < 4.78 is 5.99. The Bertz CT molecular complexity index is 914. The van der Waals surface area contributed by atoms with Gasteiger partial charge in [0.1, 0.15) is 0 Å². The van der Waals surface area contributed by atoms with Crippen LogP contribution in [0.25, 0.3) is 0 Å². The number of aliphatic hydroxyl groups is 2. The van der Waals surface area contributed by atoms with Crippen molar-refractivity contribution >= 4 is 5.97 Å². The highest BCUT2D eigenvalue weighted by Gasteiger charge is 2.74. The Hall–Kier alpha value is -0.650. The van der Waals surface area contributed by atoms with E-state index in [0.717, 1.165) is 70.8 Å². The fourth-order valence-corrected chi connectivity index (χ4v) is 12.0. The standard InChI is InChI=1S/C30H48O5/c1-25-11-10-22(32)26(2,16-31)20(25)9-12-28(4)21(25)7-6-18-23-19(29(5)17-35-29)8-13-30(23,24(33)34)15-14-27(18,28)3/h18-23,31-32H,6-17H2,1-5H3,(H,33,34)/t18?,19-,20-,21-,22?,23+,25+,26?,27-,28-,29?,30+/m1/s1. The molecule has 0 aromatic rings. The summed E-state index contributed by atoms with van der Waals surface area (Å²) in [5.74, 6) is 1.34. The lowest BCUT2D eigenvalue weighted by Gasteiger charge is -2.72. The van der Waals surface area contributed by atoms with Crippen LogP contribution in [0.2, 0.25) is 0 Å². The molecular weight excluding hydrogens is 440 g/mol. The number of epoxide rings is 1. The molecule has 6 aliphatic rings. The van der Waals surface area contributed by atoms with Crippen LogP contribution >= 0.6 is 0 Å². The molecule has 1 saturated heterocycles. The topological polar surface area (TPSA) is 90.3 Å². The molecule has 0 aromatic carbocycles. The Labute approximate surface area is 211 Å². The Morgan fingerprint density at radius 1 is 0.829 bits per heavy atom. The predicted molar refractivity (Wildman–Crippen MR) is 134 cm³/mol. The Kier molecular flexibility index (Phi) is 5.12. The van der Waals surface area contributed by atoms with Gasteiger partial charge in [0.25, 0.3) is 0 Å². The number of carboxylic acids is 1. The van der Waals surface area contributed by atoms with Crippen molar-refractivity contribution in [2.45, 2.75) is 111 Å². The maximum atomic E-state index is 12.9. The second-order valence-corrected chi connectivity index (χ2v) is 15.1. The van der Waals surface area contributed by atoms with Crippen molar-refractivity contribution in [3.05, 3.63) is 0 Å². The van der Waals surface area contributed by atoms with Gasteiger partial charge in [0.2, 0.25) is 0 Å². The average Bonchev–Trinajstić information content (AvgIpc) is 3.42. The van der Waals surface area contributed by atoms with Gasteiger partial charge in [-0.05, 0) is 117 Å². The fourth-order valence-electron chi connectivity index (χ4n) is 12.0. The first kappa shape index (κ1) is 24.7. The minimum Gasteiger partial charge on any atom is -0.481 e. The minimum atomic E-state index is -0.571.